The second kappa shape index (κ2) is 4.09. The van der Waals surface area contributed by atoms with Gasteiger partial charge in [0.2, 0.25) is 0 Å². The van der Waals surface area contributed by atoms with E-state index in [1.54, 1.807) is 0 Å². The van der Waals surface area contributed by atoms with E-state index in [1.165, 1.54) is 5.56 Å². The van der Waals surface area contributed by atoms with Gasteiger partial charge >= 0.3 is 0 Å². The quantitative estimate of drug-likeness (QED) is 0.827. The zero-order chi connectivity index (χ0) is 11.9. The number of hydrogen-bond acceptors (Lipinski definition) is 1. The molecule has 2 saturated heterocycles. The Labute approximate surface area is 102 Å². The van der Waals surface area contributed by atoms with E-state index in [0.29, 0.717) is 31.3 Å². The van der Waals surface area contributed by atoms with Gasteiger partial charge in [0, 0.05) is 18.5 Å². The molecule has 2 bridgehead atoms. The lowest BCUT2D eigenvalue weighted by Gasteiger charge is -2.35. The lowest BCUT2D eigenvalue weighted by molar-refractivity contribution is 0.0894. The van der Waals surface area contributed by atoms with E-state index in [1.807, 2.05) is 0 Å². The number of rotatable bonds is 2. The number of hydrogen-bond donors (Lipinski definition) is 1. The van der Waals surface area contributed by atoms with E-state index in [9.17, 15) is 4.39 Å². The third-order valence-electron chi connectivity index (χ3n) is 4.20. The summed E-state index contributed by atoms with van der Waals surface area (Å²) in [6, 6.07) is 9.14. The van der Waals surface area contributed by atoms with Crippen LogP contribution in [0.2, 0.25) is 0 Å². The first-order chi connectivity index (χ1) is 8.13. The lowest BCUT2D eigenvalue weighted by atomic mass is 9.84. The maximum atomic E-state index is 14.9. The number of fused-ring (bicyclic) bond motifs is 2. The van der Waals surface area contributed by atoms with Gasteiger partial charge < -0.3 is 5.32 Å². The van der Waals surface area contributed by atoms with Crippen LogP contribution in [0.25, 0.3) is 0 Å². The summed E-state index contributed by atoms with van der Waals surface area (Å²) in [5.74, 6) is 0. The summed E-state index contributed by atoms with van der Waals surface area (Å²) in [6.07, 6.45) is 4.28. The zero-order valence-electron chi connectivity index (χ0n) is 10.4. The van der Waals surface area contributed by atoms with E-state index in [-0.39, 0.29) is 0 Å². The van der Waals surface area contributed by atoms with Crippen LogP contribution < -0.4 is 5.32 Å². The highest BCUT2D eigenvalue weighted by molar-refractivity contribution is 5.23. The Morgan fingerprint density at radius 2 is 1.76 bits per heavy atom. The smallest absolute Gasteiger partial charge is 0.118 e. The molecule has 1 nitrogen and oxygen atoms in total. The number of benzene rings is 1. The van der Waals surface area contributed by atoms with Crippen molar-refractivity contribution < 1.29 is 4.39 Å². The highest BCUT2D eigenvalue weighted by atomic mass is 19.1. The van der Waals surface area contributed by atoms with Crippen molar-refractivity contribution in [2.45, 2.75) is 56.8 Å². The van der Waals surface area contributed by atoms with Gasteiger partial charge in [-0.3, -0.25) is 0 Å². The molecule has 1 aromatic rings. The average molecular weight is 233 g/mol. The first-order valence-electron chi connectivity index (χ1n) is 6.63. The van der Waals surface area contributed by atoms with Gasteiger partial charge in [0.1, 0.15) is 5.67 Å². The second-order valence-corrected chi connectivity index (χ2v) is 5.86. The fraction of sp³-hybridized carbons (Fsp3) is 0.600. The molecule has 2 heteroatoms. The molecule has 0 saturated carbocycles. The number of alkyl halides is 1. The zero-order valence-corrected chi connectivity index (χ0v) is 10.4. The molecule has 0 aromatic heterocycles. The normalized spacial score (nSPS) is 36.1. The Bertz CT molecular complexity index is 386. The van der Waals surface area contributed by atoms with Crippen molar-refractivity contribution >= 4 is 0 Å². The van der Waals surface area contributed by atoms with Gasteiger partial charge in [0.25, 0.3) is 0 Å². The highest BCUT2D eigenvalue weighted by Gasteiger charge is 2.43. The van der Waals surface area contributed by atoms with E-state index in [2.05, 4.69) is 36.5 Å². The van der Waals surface area contributed by atoms with E-state index >= 15 is 0 Å². The molecule has 17 heavy (non-hydrogen) atoms. The van der Waals surface area contributed by atoms with Crippen LogP contribution in [-0.2, 0) is 6.42 Å². The topological polar surface area (TPSA) is 12.0 Å². The minimum absolute atomic E-state index is 0.421. The Morgan fingerprint density at radius 1 is 1.18 bits per heavy atom. The van der Waals surface area contributed by atoms with Gasteiger partial charge in [-0.25, -0.2) is 4.39 Å². The molecular weight excluding hydrogens is 213 g/mol. The monoisotopic (exact) mass is 233 g/mol. The fourth-order valence-corrected chi connectivity index (χ4v) is 3.41. The SMILES string of the molecule is Cc1ccc(CC2(F)CC3CCC(C2)N3)cc1. The number of aryl methyl sites for hydroxylation is 1. The number of piperidine rings is 1. The molecule has 2 heterocycles. The molecular formula is C15H20FN. The first-order valence-corrected chi connectivity index (χ1v) is 6.63. The number of halogens is 1. The van der Waals surface area contributed by atoms with Crippen molar-refractivity contribution in [3.63, 3.8) is 0 Å². The highest BCUT2D eigenvalue weighted by Crippen LogP contribution is 2.38. The second-order valence-electron chi connectivity index (χ2n) is 5.86. The maximum absolute atomic E-state index is 14.9. The Hall–Kier alpha value is -0.890. The Balaban J connectivity index is 1.73. The van der Waals surface area contributed by atoms with Crippen molar-refractivity contribution in [1.82, 2.24) is 5.32 Å². The summed E-state index contributed by atoms with van der Waals surface area (Å²) >= 11 is 0. The minimum Gasteiger partial charge on any atom is -0.311 e. The predicted octanol–water partition coefficient (Wildman–Crippen LogP) is 3.16. The summed E-state index contributed by atoms with van der Waals surface area (Å²) in [7, 11) is 0. The third kappa shape index (κ3) is 2.37. The van der Waals surface area contributed by atoms with Gasteiger partial charge in [0.15, 0.2) is 0 Å². The third-order valence-corrected chi connectivity index (χ3v) is 4.20. The van der Waals surface area contributed by atoms with Gasteiger partial charge in [-0.1, -0.05) is 29.8 Å². The maximum Gasteiger partial charge on any atom is 0.118 e. The average Bonchev–Trinajstić information content (AvgIpc) is 2.62. The summed E-state index contributed by atoms with van der Waals surface area (Å²) in [5.41, 5.74) is 1.40. The molecule has 2 fully saturated rings. The standard InChI is InChI=1S/C15H20FN/c1-11-2-4-12(5-3-11)8-15(16)9-13-6-7-14(10-15)17-13/h2-5,13-14,17H,6-10H2,1H3. The van der Waals surface area contributed by atoms with Crippen LogP contribution in [0, 0.1) is 6.92 Å². The molecule has 0 spiro atoms. The van der Waals surface area contributed by atoms with Crippen molar-refractivity contribution in [3.05, 3.63) is 35.4 Å². The summed E-state index contributed by atoms with van der Waals surface area (Å²) < 4.78 is 14.9. The van der Waals surface area contributed by atoms with Gasteiger partial charge in [-0.05, 0) is 38.2 Å². The molecule has 0 radical (unpaired) electrons. The van der Waals surface area contributed by atoms with Crippen LogP contribution in [0.5, 0.6) is 0 Å². The molecule has 92 valence electrons. The van der Waals surface area contributed by atoms with E-state index in [0.717, 1.165) is 18.4 Å². The van der Waals surface area contributed by atoms with Crippen molar-refractivity contribution in [2.24, 2.45) is 0 Å². The Morgan fingerprint density at radius 3 is 2.35 bits per heavy atom. The summed E-state index contributed by atoms with van der Waals surface area (Å²) in [4.78, 5) is 0. The molecule has 3 rings (SSSR count). The van der Waals surface area contributed by atoms with Gasteiger partial charge in [-0.2, -0.15) is 0 Å². The van der Waals surface area contributed by atoms with Gasteiger partial charge in [-0.15, -0.1) is 0 Å². The van der Waals surface area contributed by atoms with Crippen molar-refractivity contribution in [3.8, 4) is 0 Å². The molecule has 1 aromatic carbocycles. The molecule has 2 atom stereocenters. The van der Waals surface area contributed by atoms with Crippen molar-refractivity contribution in [2.75, 3.05) is 0 Å². The lowest BCUT2D eigenvalue weighted by Crippen LogP contribution is -2.47. The molecule has 1 N–H and O–H groups in total. The van der Waals surface area contributed by atoms with Gasteiger partial charge in [0.05, 0.1) is 0 Å². The largest absolute Gasteiger partial charge is 0.311 e. The van der Waals surface area contributed by atoms with Crippen LogP contribution >= 0.6 is 0 Å². The van der Waals surface area contributed by atoms with E-state index < -0.39 is 5.67 Å². The van der Waals surface area contributed by atoms with Crippen LogP contribution in [0.3, 0.4) is 0 Å². The molecule has 0 amide bonds. The molecule has 2 aliphatic heterocycles. The molecule has 2 unspecified atom stereocenters. The van der Waals surface area contributed by atoms with Crippen LogP contribution in [0.1, 0.15) is 36.8 Å². The van der Waals surface area contributed by atoms with Crippen LogP contribution in [0.15, 0.2) is 24.3 Å². The minimum atomic E-state index is -0.980. The Kier molecular flexibility index (Phi) is 2.70. The fourth-order valence-electron chi connectivity index (χ4n) is 3.41. The summed E-state index contributed by atoms with van der Waals surface area (Å²) in [6.45, 7) is 2.07. The van der Waals surface area contributed by atoms with Crippen molar-refractivity contribution in [1.29, 1.82) is 0 Å². The molecule has 0 aliphatic carbocycles. The van der Waals surface area contributed by atoms with Crippen LogP contribution in [-0.4, -0.2) is 17.8 Å². The molecule has 2 aliphatic rings. The number of nitrogens with one attached hydrogen (secondary N) is 1. The van der Waals surface area contributed by atoms with E-state index in [4.69, 9.17) is 0 Å². The first kappa shape index (κ1) is 11.2. The summed E-state index contributed by atoms with van der Waals surface area (Å²) in [5, 5.41) is 3.50. The van der Waals surface area contributed by atoms with Crippen LogP contribution in [0.4, 0.5) is 4.39 Å². The predicted molar refractivity (Wildman–Crippen MR) is 67.9 cm³/mol.